The molecule has 6 nitrogen and oxygen atoms in total. The van der Waals surface area contributed by atoms with Gasteiger partial charge in [0.1, 0.15) is 6.33 Å². The molecule has 0 saturated heterocycles. The Morgan fingerprint density at radius 2 is 1.38 bits per heavy atom. The van der Waals surface area contributed by atoms with Crippen molar-refractivity contribution < 1.29 is 20.1 Å². The van der Waals surface area contributed by atoms with Gasteiger partial charge in [-0.15, -0.1) is 82.0 Å². The molecule has 0 spiro atoms. The number of pyridine rings is 1. The first-order valence-electron chi connectivity index (χ1n) is 10.4. The maximum Gasteiger partial charge on any atom is 0.197 e. The first kappa shape index (κ1) is 23.1. The summed E-state index contributed by atoms with van der Waals surface area (Å²) in [5, 5.41) is 8.05. The number of hydrogen-bond acceptors (Lipinski definition) is 5. The Morgan fingerprint density at radius 3 is 2.06 bits per heavy atom. The van der Waals surface area contributed by atoms with Crippen LogP contribution in [0, 0.1) is 12.1 Å². The molecule has 0 bridgehead atoms. The van der Waals surface area contributed by atoms with Gasteiger partial charge in [0.2, 0.25) is 0 Å². The number of fused-ring (bicyclic) bond motifs is 1. The van der Waals surface area contributed by atoms with E-state index < -0.39 is 0 Å². The van der Waals surface area contributed by atoms with Crippen molar-refractivity contribution >= 4 is 11.3 Å². The summed E-state index contributed by atoms with van der Waals surface area (Å²) < 4.78 is 1.95. The van der Waals surface area contributed by atoms with Crippen LogP contribution in [0.5, 0.6) is 0 Å². The van der Waals surface area contributed by atoms with E-state index >= 15 is 0 Å². The van der Waals surface area contributed by atoms with E-state index in [2.05, 4.69) is 37.3 Å². The molecule has 34 heavy (non-hydrogen) atoms. The monoisotopic (exact) mass is 619 g/mol. The molecule has 0 aliphatic rings. The molecule has 0 N–H and O–H groups in total. The largest absolute Gasteiger partial charge is 0.315 e. The fourth-order valence-corrected chi connectivity index (χ4v) is 3.35. The molecule has 3 aromatic carbocycles. The molecule has 0 fully saturated rings. The van der Waals surface area contributed by atoms with Crippen LogP contribution < -0.4 is 0 Å². The van der Waals surface area contributed by atoms with E-state index in [1.807, 2.05) is 102 Å². The van der Waals surface area contributed by atoms with Crippen LogP contribution in [-0.2, 0) is 20.1 Å². The van der Waals surface area contributed by atoms with Crippen LogP contribution in [0.4, 0.5) is 0 Å². The zero-order valence-corrected chi connectivity index (χ0v) is 20.3. The van der Waals surface area contributed by atoms with Crippen molar-refractivity contribution in [2.45, 2.75) is 0 Å². The van der Waals surface area contributed by atoms with Gasteiger partial charge in [0.25, 0.3) is 0 Å². The first-order chi connectivity index (χ1) is 16.4. The zero-order chi connectivity index (χ0) is 22.3. The Hall–Kier alpha value is -4.06. The van der Waals surface area contributed by atoms with Gasteiger partial charge in [0.05, 0.1) is 5.82 Å². The molecule has 0 aliphatic heterocycles. The smallest absolute Gasteiger partial charge is 0.197 e. The Labute approximate surface area is 210 Å². The van der Waals surface area contributed by atoms with E-state index in [4.69, 9.17) is 0 Å². The second-order valence-corrected chi connectivity index (χ2v) is 6.98. The Bertz CT molecular complexity index is 1400. The van der Waals surface area contributed by atoms with Crippen LogP contribution in [0.15, 0.2) is 110 Å². The summed E-state index contributed by atoms with van der Waals surface area (Å²) >= 11 is 0. The summed E-state index contributed by atoms with van der Waals surface area (Å²) in [6.07, 6.45) is 3.19. The third kappa shape index (κ3) is 5.12. The number of nitrogens with zero attached hydrogens (tertiary/aromatic N) is 6. The van der Waals surface area contributed by atoms with Crippen molar-refractivity contribution in [2.24, 2.45) is 0 Å². The van der Waals surface area contributed by atoms with Crippen molar-refractivity contribution in [2.75, 3.05) is 0 Å². The molecule has 1 radical (unpaired) electrons. The van der Waals surface area contributed by atoms with Crippen molar-refractivity contribution in [3.05, 3.63) is 122 Å². The van der Waals surface area contributed by atoms with Crippen LogP contribution in [0.25, 0.3) is 39.6 Å². The molecule has 6 rings (SSSR count). The van der Waals surface area contributed by atoms with Crippen LogP contribution in [0.1, 0.15) is 0 Å². The Kier molecular flexibility index (Phi) is 7.60. The normalized spacial score (nSPS) is 10.1. The molecular formula is C27H18IrN6-2. The maximum absolute atomic E-state index is 4.58. The molecule has 3 aromatic heterocycles. The second-order valence-electron chi connectivity index (χ2n) is 6.98. The number of benzene rings is 3. The van der Waals surface area contributed by atoms with E-state index in [1.165, 1.54) is 6.33 Å². The SMILES string of the molecule is [Ir].[c-]1ccccc1-c1ccccn1.[c-]1ccccc1-c1nc2ncnnc2n1-c1ccccc1. The summed E-state index contributed by atoms with van der Waals surface area (Å²) in [5.74, 6) is 0.754. The van der Waals surface area contributed by atoms with Gasteiger partial charge >= 0.3 is 0 Å². The van der Waals surface area contributed by atoms with Gasteiger partial charge in [-0.25, -0.2) is 4.98 Å². The van der Waals surface area contributed by atoms with Gasteiger partial charge in [0, 0.05) is 32.0 Å². The van der Waals surface area contributed by atoms with Gasteiger partial charge in [-0.2, -0.15) is 0 Å². The van der Waals surface area contributed by atoms with Crippen LogP contribution in [-0.4, -0.2) is 29.7 Å². The summed E-state index contributed by atoms with van der Waals surface area (Å²) in [7, 11) is 0. The molecule has 167 valence electrons. The summed E-state index contributed by atoms with van der Waals surface area (Å²) in [5.41, 5.74) is 5.07. The van der Waals surface area contributed by atoms with E-state index in [0.717, 1.165) is 28.3 Å². The minimum Gasteiger partial charge on any atom is -0.315 e. The van der Waals surface area contributed by atoms with E-state index in [1.54, 1.807) is 6.20 Å². The Morgan fingerprint density at radius 1 is 0.676 bits per heavy atom. The molecule has 0 aliphatic carbocycles. The Balaban J connectivity index is 0.000000180. The molecule has 6 aromatic rings. The summed E-state index contributed by atoms with van der Waals surface area (Å²) in [6.45, 7) is 0. The summed E-state index contributed by atoms with van der Waals surface area (Å²) in [4.78, 5) is 13.0. The molecule has 0 saturated carbocycles. The number of imidazole rings is 1. The van der Waals surface area contributed by atoms with Gasteiger partial charge in [-0.3, -0.25) is 4.98 Å². The predicted molar refractivity (Wildman–Crippen MR) is 127 cm³/mol. The fraction of sp³-hybridized carbons (Fsp3) is 0. The molecule has 0 amide bonds. The fourth-order valence-electron chi connectivity index (χ4n) is 3.35. The summed E-state index contributed by atoms with van der Waals surface area (Å²) in [6, 6.07) is 37.7. The van der Waals surface area contributed by atoms with Gasteiger partial charge in [-0.1, -0.05) is 30.3 Å². The molecular weight excluding hydrogens is 601 g/mol. The third-order valence-electron chi connectivity index (χ3n) is 4.83. The zero-order valence-electron chi connectivity index (χ0n) is 17.9. The van der Waals surface area contributed by atoms with Crippen molar-refractivity contribution in [3.63, 3.8) is 0 Å². The maximum atomic E-state index is 4.58. The average molecular weight is 619 g/mol. The van der Waals surface area contributed by atoms with Crippen LogP contribution >= 0.6 is 0 Å². The molecule has 7 heteroatoms. The van der Waals surface area contributed by atoms with Gasteiger partial charge < -0.3 is 9.55 Å². The molecule has 3 heterocycles. The van der Waals surface area contributed by atoms with Crippen molar-refractivity contribution in [1.82, 2.24) is 29.7 Å². The number of hydrogen-bond donors (Lipinski definition) is 0. The molecule has 0 unspecified atom stereocenters. The number of aromatic nitrogens is 6. The molecule has 0 atom stereocenters. The minimum absolute atomic E-state index is 0. The van der Waals surface area contributed by atoms with Gasteiger partial charge in [0.15, 0.2) is 11.3 Å². The van der Waals surface area contributed by atoms with E-state index in [9.17, 15) is 0 Å². The van der Waals surface area contributed by atoms with Crippen LogP contribution in [0.2, 0.25) is 0 Å². The predicted octanol–water partition coefficient (Wildman–Crippen LogP) is 5.22. The van der Waals surface area contributed by atoms with E-state index in [-0.39, 0.29) is 20.1 Å². The topological polar surface area (TPSA) is 69.4 Å². The number of rotatable bonds is 3. The average Bonchev–Trinajstić information content (AvgIpc) is 3.31. The second kappa shape index (κ2) is 11.2. The van der Waals surface area contributed by atoms with Crippen LogP contribution in [0.3, 0.4) is 0 Å². The standard InChI is InChI=1S/C16H10N5.C11H8N.Ir/c1-3-7-12(8-4-1)15-19-14-16(20-18-11-17-14)21(15)13-9-5-2-6-10-13;1-2-6-10(7-3-1)11-8-4-5-9-12-11;/h1-7,9-11H;1-6,8-9H;/q2*-1;. The number of para-hydroxylation sites is 1. The quantitative estimate of drug-likeness (QED) is 0.255. The third-order valence-corrected chi connectivity index (χ3v) is 4.83. The minimum atomic E-state index is 0. The van der Waals surface area contributed by atoms with Gasteiger partial charge in [-0.05, 0) is 23.9 Å². The first-order valence-corrected chi connectivity index (χ1v) is 10.4. The van der Waals surface area contributed by atoms with Crippen molar-refractivity contribution in [1.29, 1.82) is 0 Å². The van der Waals surface area contributed by atoms with E-state index in [0.29, 0.717) is 11.3 Å². The van der Waals surface area contributed by atoms with Crippen molar-refractivity contribution in [3.8, 4) is 28.3 Å².